The van der Waals surface area contributed by atoms with E-state index in [9.17, 15) is 4.79 Å². The highest BCUT2D eigenvalue weighted by molar-refractivity contribution is 5.76. The van der Waals surface area contributed by atoms with Crippen molar-refractivity contribution >= 4 is 5.91 Å². The molecule has 1 saturated carbocycles. The van der Waals surface area contributed by atoms with Crippen molar-refractivity contribution in [2.45, 2.75) is 78.3 Å². The number of nitrogens with zero attached hydrogens (tertiary/aromatic N) is 1. The van der Waals surface area contributed by atoms with Crippen molar-refractivity contribution in [2.24, 2.45) is 17.1 Å². The highest BCUT2D eigenvalue weighted by atomic mass is 16.2. The Balaban J connectivity index is 2.48. The maximum absolute atomic E-state index is 12.3. The molecule has 1 rings (SSSR count). The maximum atomic E-state index is 12.3. The van der Waals surface area contributed by atoms with Crippen LogP contribution < -0.4 is 5.73 Å². The van der Waals surface area contributed by atoms with Crippen molar-refractivity contribution in [1.29, 1.82) is 0 Å². The van der Waals surface area contributed by atoms with Crippen LogP contribution in [-0.4, -0.2) is 29.9 Å². The zero-order valence-corrected chi connectivity index (χ0v) is 13.4. The third-order valence-corrected chi connectivity index (χ3v) is 4.27. The fourth-order valence-electron chi connectivity index (χ4n) is 3.28. The highest BCUT2D eigenvalue weighted by Crippen LogP contribution is 2.28. The van der Waals surface area contributed by atoms with Crippen molar-refractivity contribution in [3.63, 3.8) is 0 Å². The molecule has 3 atom stereocenters. The molecular formula is C16H32N2O. The molecule has 0 aliphatic heterocycles. The lowest BCUT2D eigenvalue weighted by Gasteiger charge is -2.37. The second-order valence-corrected chi connectivity index (χ2v) is 7.56. The summed E-state index contributed by atoms with van der Waals surface area (Å²) in [6.07, 6.45) is 6.34. The SMILES string of the molecule is CC1CCCCC1N(C)C(=O)CC(N)CC(C)(C)C. The van der Waals surface area contributed by atoms with Gasteiger partial charge in [0.05, 0.1) is 0 Å². The van der Waals surface area contributed by atoms with Crippen molar-refractivity contribution in [3.05, 3.63) is 0 Å². The minimum Gasteiger partial charge on any atom is -0.342 e. The van der Waals surface area contributed by atoms with Crippen LogP contribution in [-0.2, 0) is 4.79 Å². The van der Waals surface area contributed by atoms with Gasteiger partial charge >= 0.3 is 0 Å². The van der Waals surface area contributed by atoms with Crippen LogP contribution in [0.15, 0.2) is 0 Å². The molecule has 0 aromatic rings. The van der Waals surface area contributed by atoms with Crippen LogP contribution >= 0.6 is 0 Å². The lowest BCUT2D eigenvalue weighted by atomic mass is 9.84. The normalized spacial score (nSPS) is 26.0. The summed E-state index contributed by atoms with van der Waals surface area (Å²) in [5.41, 5.74) is 6.31. The zero-order chi connectivity index (χ0) is 14.6. The number of hydrogen-bond donors (Lipinski definition) is 1. The van der Waals surface area contributed by atoms with Crippen molar-refractivity contribution in [1.82, 2.24) is 4.90 Å². The Morgan fingerprint density at radius 2 is 1.89 bits per heavy atom. The maximum Gasteiger partial charge on any atom is 0.224 e. The standard InChI is InChI=1S/C16H32N2O/c1-12-8-6-7-9-14(12)18(5)15(19)10-13(17)11-16(2,3)4/h12-14H,6-11,17H2,1-5H3. The van der Waals surface area contributed by atoms with Crippen molar-refractivity contribution in [2.75, 3.05) is 7.05 Å². The predicted molar refractivity (Wildman–Crippen MR) is 80.9 cm³/mol. The van der Waals surface area contributed by atoms with E-state index in [1.165, 1.54) is 19.3 Å². The molecule has 0 bridgehead atoms. The van der Waals surface area contributed by atoms with E-state index >= 15 is 0 Å². The summed E-state index contributed by atoms with van der Waals surface area (Å²) in [5.74, 6) is 0.844. The second kappa shape index (κ2) is 6.74. The first-order valence-electron chi connectivity index (χ1n) is 7.72. The molecule has 0 aromatic carbocycles. The Kier molecular flexibility index (Phi) is 5.84. The molecule has 19 heavy (non-hydrogen) atoms. The molecule has 3 heteroatoms. The van der Waals surface area contributed by atoms with Gasteiger partial charge in [-0.15, -0.1) is 0 Å². The van der Waals surface area contributed by atoms with E-state index in [4.69, 9.17) is 5.73 Å². The molecule has 112 valence electrons. The van der Waals surface area contributed by atoms with E-state index in [1.54, 1.807) is 0 Å². The van der Waals surface area contributed by atoms with Gasteiger partial charge in [-0.3, -0.25) is 4.79 Å². The molecular weight excluding hydrogens is 236 g/mol. The molecule has 2 N–H and O–H groups in total. The van der Waals surface area contributed by atoms with Gasteiger partial charge in [0.25, 0.3) is 0 Å². The topological polar surface area (TPSA) is 46.3 Å². The van der Waals surface area contributed by atoms with Crippen LogP contribution in [0, 0.1) is 11.3 Å². The van der Waals surface area contributed by atoms with E-state index in [0.29, 0.717) is 18.4 Å². The Morgan fingerprint density at radius 1 is 1.32 bits per heavy atom. The highest BCUT2D eigenvalue weighted by Gasteiger charge is 2.29. The minimum atomic E-state index is -0.0196. The molecule has 0 radical (unpaired) electrons. The van der Waals surface area contributed by atoms with Gasteiger partial charge in [0, 0.05) is 25.6 Å². The number of nitrogens with two attached hydrogens (primary N) is 1. The van der Waals surface area contributed by atoms with Crippen LogP contribution in [0.1, 0.15) is 66.2 Å². The van der Waals surface area contributed by atoms with Crippen molar-refractivity contribution in [3.8, 4) is 0 Å². The molecule has 3 nitrogen and oxygen atoms in total. The lowest BCUT2D eigenvalue weighted by molar-refractivity contribution is -0.134. The van der Waals surface area contributed by atoms with Crippen LogP contribution in [0.25, 0.3) is 0 Å². The average Bonchev–Trinajstić information content (AvgIpc) is 2.26. The van der Waals surface area contributed by atoms with Gasteiger partial charge in [-0.05, 0) is 30.6 Å². The Labute approximate surface area is 118 Å². The van der Waals surface area contributed by atoms with Crippen LogP contribution in [0.2, 0.25) is 0 Å². The van der Waals surface area contributed by atoms with E-state index in [1.807, 2.05) is 11.9 Å². The molecule has 1 aliphatic carbocycles. The molecule has 1 fully saturated rings. The van der Waals surface area contributed by atoms with Gasteiger partial charge in [0.2, 0.25) is 5.91 Å². The number of rotatable bonds is 4. The van der Waals surface area contributed by atoms with E-state index in [2.05, 4.69) is 27.7 Å². The number of amides is 1. The predicted octanol–water partition coefficient (Wildman–Crippen LogP) is 3.18. The summed E-state index contributed by atoms with van der Waals surface area (Å²) >= 11 is 0. The summed E-state index contributed by atoms with van der Waals surface area (Å²) < 4.78 is 0. The minimum absolute atomic E-state index is 0.0196. The van der Waals surface area contributed by atoms with Gasteiger partial charge in [-0.2, -0.15) is 0 Å². The molecule has 0 aromatic heterocycles. The van der Waals surface area contributed by atoms with Gasteiger partial charge < -0.3 is 10.6 Å². The first kappa shape index (κ1) is 16.5. The molecule has 0 spiro atoms. The first-order valence-corrected chi connectivity index (χ1v) is 7.72. The number of carbonyl (C=O) groups excluding carboxylic acids is 1. The Bertz CT molecular complexity index is 296. The molecule has 0 saturated heterocycles. The fraction of sp³-hybridized carbons (Fsp3) is 0.938. The third-order valence-electron chi connectivity index (χ3n) is 4.27. The zero-order valence-electron chi connectivity index (χ0n) is 13.4. The largest absolute Gasteiger partial charge is 0.342 e. The fourth-order valence-corrected chi connectivity index (χ4v) is 3.28. The molecule has 0 heterocycles. The summed E-state index contributed by atoms with van der Waals surface area (Å²) in [4.78, 5) is 14.3. The summed E-state index contributed by atoms with van der Waals surface area (Å²) in [6, 6.07) is 0.400. The van der Waals surface area contributed by atoms with E-state index in [-0.39, 0.29) is 17.4 Å². The molecule has 3 unspecified atom stereocenters. The Hall–Kier alpha value is -0.570. The number of carbonyl (C=O) groups is 1. The monoisotopic (exact) mass is 268 g/mol. The Morgan fingerprint density at radius 3 is 2.42 bits per heavy atom. The lowest BCUT2D eigenvalue weighted by Crippen LogP contribution is -2.44. The number of hydrogen-bond acceptors (Lipinski definition) is 2. The first-order chi connectivity index (χ1) is 8.70. The van der Waals surface area contributed by atoms with E-state index in [0.717, 1.165) is 12.8 Å². The second-order valence-electron chi connectivity index (χ2n) is 7.56. The van der Waals surface area contributed by atoms with Gasteiger partial charge in [-0.1, -0.05) is 40.5 Å². The molecule has 1 aliphatic rings. The van der Waals surface area contributed by atoms with Gasteiger partial charge in [0.15, 0.2) is 0 Å². The summed E-state index contributed by atoms with van der Waals surface area (Å²) in [5, 5.41) is 0. The van der Waals surface area contributed by atoms with Crippen LogP contribution in [0.3, 0.4) is 0 Å². The molecule has 1 amide bonds. The van der Waals surface area contributed by atoms with Crippen LogP contribution in [0.5, 0.6) is 0 Å². The van der Waals surface area contributed by atoms with E-state index < -0.39 is 0 Å². The van der Waals surface area contributed by atoms with Crippen LogP contribution in [0.4, 0.5) is 0 Å². The summed E-state index contributed by atoms with van der Waals surface area (Å²) in [6.45, 7) is 8.78. The van der Waals surface area contributed by atoms with Gasteiger partial charge in [0.1, 0.15) is 0 Å². The quantitative estimate of drug-likeness (QED) is 0.851. The third kappa shape index (κ3) is 5.52. The van der Waals surface area contributed by atoms with Gasteiger partial charge in [-0.25, -0.2) is 0 Å². The average molecular weight is 268 g/mol. The smallest absolute Gasteiger partial charge is 0.224 e. The summed E-state index contributed by atoms with van der Waals surface area (Å²) in [7, 11) is 1.96. The van der Waals surface area contributed by atoms with Crippen molar-refractivity contribution < 1.29 is 4.79 Å².